The van der Waals surface area contributed by atoms with Gasteiger partial charge in [0.1, 0.15) is 6.04 Å². The van der Waals surface area contributed by atoms with Gasteiger partial charge in [-0.15, -0.1) is 0 Å². The second-order valence-electron chi connectivity index (χ2n) is 7.57. The van der Waals surface area contributed by atoms with Crippen molar-refractivity contribution < 1.29 is 9.59 Å². The van der Waals surface area contributed by atoms with Crippen molar-refractivity contribution >= 4 is 23.2 Å². The first kappa shape index (κ1) is 18.5. The van der Waals surface area contributed by atoms with Gasteiger partial charge in [0.15, 0.2) is 0 Å². The Labute approximate surface area is 166 Å². The highest BCUT2D eigenvalue weighted by atomic mass is 16.2. The summed E-state index contributed by atoms with van der Waals surface area (Å²) in [6.45, 7) is 2.41. The van der Waals surface area contributed by atoms with E-state index >= 15 is 0 Å². The first-order valence-electron chi connectivity index (χ1n) is 10.2. The number of carbonyl (C=O) groups excluding carboxylic acids is 2. The minimum absolute atomic E-state index is 0.119. The molecule has 4 rings (SSSR count). The molecule has 28 heavy (non-hydrogen) atoms. The number of likely N-dealkylation sites (tertiary alicyclic amines) is 1. The van der Waals surface area contributed by atoms with Crippen LogP contribution in [-0.2, 0) is 9.59 Å². The SMILES string of the molecule is O=C([C@@H](Nc1cccc(N2CCCC2=O)c1)c1ccccc1)N1CCCCC1. The largest absolute Gasteiger partial charge is 0.370 e. The molecule has 1 atom stereocenters. The van der Waals surface area contributed by atoms with Crippen LogP contribution in [0.4, 0.5) is 11.4 Å². The van der Waals surface area contributed by atoms with E-state index in [-0.39, 0.29) is 11.8 Å². The van der Waals surface area contributed by atoms with Crippen molar-refractivity contribution in [1.82, 2.24) is 4.90 Å². The summed E-state index contributed by atoms with van der Waals surface area (Å²) in [6.07, 6.45) is 4.84. The topological polar surface area (TPSA) is 52.7 Å². The fourth-order valence-corrected chi connectivity index (χ4v) is 4.08. The van der Waals surface area contributed by atoms with E-state index in [1.807, 2.05) is 64.4 Å². The summed E-state index contributed by atoms with van der Waals surface area (Å²) in [4.78, 5) is 29.2. The molecule has 2 amide bonds. The van der Waals surface area contributed by atoms with Crippen LogP contribution in [0.25, 0.3) is 0 Å². The summed E-state index contributed by atoms with van der Waals surface area (Å²) in [6, 6.07) is 17.3. The third kappa shape index (κ3) is 4.03. The van der Waals surface area contributed by atoms with Crippen molar-refractivity contribution in [1.29, 1.82) is 0 Å². The van der Waals surface area contributed by atoms with Gasteiger partial charge in [-0.3, -0.25) is 9.59 Å². The van der Waals surface area contributed by atoms with E-state index in [0.29, 0.717) is 6.42 Å². The number of anilines is 2. The van der Waals surface area contributed by atoms with Gasteiger partial charge in [-0.25, -0.2) is 0 Å². The maximum absolute atomic E-state index is 13.3. The van der Waals surface area contributed by atoms with Gasteiger partial charge < -0.3 is 15.1 Å². The molecule has 0 saturated carbocycles. The minimum atomic E-state index is -0.427. The van der Waals surface area contributed by atoms with Crippen molar-refractivity contribution in [3.63, 3.8) is 0 Å². The first-order chi connectivity index (χ1) is 13.7. The molecule has 0 aromatic heterocycles. The molecule has 2 fully saturated rings. The molecular weight excluding hydrogens is 350 g/mol. The van der Waals surface area contributed by atoms with Crippen LogP contribution in [0.3, 0.4) is 0 Å². The number of hydrogen-bond donors (Lipinski definition) is 1. The van der Waals surface area contributed by atoms with E-state index < -0.39 is 6.04 Å². The van der Waals surface area contributed by atoms with Gasteiger partial charge in [0.2, 0.25) is 11.8 Å². The lowest BCUT2D eigenvalue weighted by Gasteiger charge is -2.31. The Morgan fingerprint density at radius 3 is 2.39 bits per heavy atom. The van der Waals surface area contributed by atoms with Crippen LogP contribution in [0.15, 0.2) is 54.6 Å². The van der Waals surface area contributed by atoms with Crippen LogP contribution in [-0.4, -0.2) is 36.3 Å². The van der Waals surface area contributed by atoms with Crippen LogP contribution in [0.5, 0.6) is 0 Å². The van der Waals surface area contributed by atoms with Gasteiger partial charge >= 0.3 is 0 Å². The van der Waals surface area contributed by atoms with E-state index in [1.54, 1.807) is 0 Å². The summed E-state index contributed by atoms with van der Waals surface area (Å²) in [5.41, 5.74) is 2.71. The Kier molecular flexibility index (Phi) is 5.60. The van der Waals surface area contributed by atoms with Gasteiger partial charge in [0, 0.05) is 37.4 Å². The fraction of sp³-hybridized carbons (Fsp3) is 0.391. The van der Waals surface area contributed by atoms with E-state index in [9.17, 15) is 9.59 Å². The Bertz CT molecular complexity index is 831. The summed E-state index contributed by atoms with van der Waals surface area (Å²) < 4.78 is 0. The van der Waals surface area contributed by atoms with Crippen LogP contribution in [0, 0.1) is 0 Å². The van der Waals surface area contributed by atoms with Crippen LogP contribution < -0.4 is 10.2 Å². The van der Waals surface area contributed by atoms with Crippen molar-refractivity contribution in [2.24, 2.45) is 0 Å². The molecule has 2 heterocycles. The fourth-order valence-electron chi connectivity index (χ4n) is 4.08. The number of rotatable bonds is 5. The molecule has 0 bridgehead atoms. The van der Waals surface area contributed by atoms with Gasteiger partial charge in [-0.05, 0) is 49.4 Å². The Morgan fingerprint density at radius 2 is 1.68 bits per heavy atom. The van der Waals surface area contributed by atoms with E-state index in [1.165, 1.54) is 6.42 Å². The third-order valence-electron chi connectivity index (χ3n) is 5.59. The van der Waals surface area contributed by atoms with Gasteiger partial charge in [0.25, 0.3) is 0 Å². The molecule has 2 aliphatic rings. The molecule has 5 heteroatoms. The number of carbonyl (C=O) groups is 2. The van der Waals surface area contributed by atoms with E-state index in [4.69, 9.17) is 0 Å². The van der Waals surface area contributed by atoms with Crippen molar-refractivity contribution in [2.75, 3.05) is 29.9 Å². The number of nitrogens with zero attached hydrogens (tertiary/aromatic N) is 2. The number of amides is 2. The van der Waals surface area contributed by atoms with Crippen LogP contribution in [0.1, 0.15) is 43.7 Å². The number of nitrogens with one attached hydrogen (secondary N) is 1. The molecule has 2 saturated heterocycles. The van der Waals surface area contributed by atoms with Gasteiger partial charge in [0.05, 0.1) is 0 Å². The second kappa shape index (κ2) is 8.46. The summed E-state index contributed by atoms with van der Waals surface area (Å²) in [7, 11) is 0. The average molecular weight is 377 g/mol. The normalized spacial score (nSPS) is 18.2. The average Bonchev–Trinajstić information content (AvgIpc) is 3.19. The number of benzene rings is 2. The van der Waals surface area contributed by atoms with Crippen molar-refractivity contribution in [3.8, 4) is 0 Å². The zero-order valence-corrected chi connectivity index (χ0v) is 16.1. The Hall–Kier alpha value is -2.82. The van der Waals surface area contributed by atoms with Crippen LogP contribution >= 0.6 is 0 Å². The van der Waals surface area contributed by atoms with Crippen LogP contribution in [0.2, 0.25) is 0 Å². The molecule has 2 aromatic rings. The molecule has 0 spiro atoms. The zero-order chi connectivity index (χ0) is 19.3. The molecule has 0 unspecified atom stereocenters. The molecule has 1 N–H and O–H groups in total. The smallest absolute Gasteiger partial charge is 0.249 e. The second-order valence-corrected chi connectivity index (χ2v) is 7.57. The zero-order valence-electron chi connectivity index (χ0n) is 16.1. The lowest BCUT2D eigenvalue weighted by atomic mass is 10.0. The predicted octanol–water partition coefficient (Wildman–Crippen LogP) is 3.98. The van der Waals surface area contributed by atoms with Crippen molar-refractivity contribution in [3.05, 3.63) is 60.2 Å². The first-order valence-corrected chi connectivity index (χ1v) is 10.2. The van der Waals surface area contributed by atoms with Gasteiger partial charge in [-0.2, -0.15) is 0 Å². The quantitative estimate of drug-likeness (QED) is 0.857. The molecule has 146 valence electrons. The minimum Gasteiger partial charge on any atom is -0.370 e. The monoisotopic (exact) mass is 377 g/mol. The molecular formula is C23H27N3O2. The third-order valence-corrected chi connectivity index (χ3v) is 5.59. The standard InChI is InChI=1S/C23H27N3O2/c27-21-13-8-16-26(21)20-12-7-11-19(17-20)24-22(18-9-3-1-4-10-18)23(28)25-14-5-2-6-15-25/h1,3-4,7,9-12,17,22,24H,2,5-6,8,13-16H2/t22-/m0/s1. The molecule has 5 nitrogen and oxygen atoms in total. The summed E-state index contributed by atoms with van der Waals surface area (Å²) in [5.74, 6) is 0.287. The summed E-state index contributed by atoms with van der Waals surface area (Å²) in [5, 5.41) is 3.44. The Morgan fingerprint density at radius 1 is 0.893 bits per heavy atom. The van der Waals surface area contributed by atoms with Gasteiger partial charge in [-0.1, -0.05) is 36.4 Å². The Balaban J connectivity index is 1.59. The van der Waals surface area contributed by atoms with E-state index in [2.05, 4.69) is 5.32 Å². The highest BCUT2D eigenvalue weighted by Gasteiger charge is 2.27. The molecule has 0 aliphatic carbocycles. The number of hydrogen-bond acceptors (Lipinski definition) is 3. The summed E-state index contributed by atoms with van der Waals surface area (Å²) >= 11 is 0. The maximum atomic E-state index is 13.3. The number of piperidine rings is 1. The lowest BCUT2D eigenvalue weighted by molar-refractivity contribution is -0.133. The molecule has 2 aliphatic heterocycles. The lowest BCUT2D eigenvalue weighted by Crippen LogP contribution is -2.41. The van der Waals surface area contributed by atoms with Crippen molar-refractivity contribution in [2.45, 2.75) is 38.1 Å². The molecule has 0 radical (unpaired) electrons. The highest BCUT2D eigenvalue weighted by Crippen LogP contribution is 2.28. The van der Waals surface area contributed by atoms with E-state index in [0.717, 1.165) is 55.8 Å². The molecule has 2 aromatic carbocycles. The predicted molar refractivity (Wildman–Crippen MR) is 111 cm³/mol. The maximum Gasteiger partial charge on any atom is 0.249 e. The highest BCUT2D eigenvalue weighted by molar-refractivity contribution is 5.96.